The van der Waals surface area contributed by atoms with Crippen molar-refractivity contribution in [2.45, 2.75) is 39.0 Å². The highest BCUT2D eigenvalue weighted by Gasteiger charge is 2.01. The molecular formula is C9H15. The van der Waals surface area contributed by atoms with Gasteiger partial charge in [0.2, 0.25) is 0 Å². The van der Waals surface area contributed by atoms with Gasteiger partial charge in [-0.3, -0.25) is 0 Å². The maximum absolute atomic E-state index is 2.41. The molecule has 0 aliphatic heterocycles. The van der Waals surface area contributed by atoms with E-state index in [4.69, 9.17) is 0 Å². The molecule has 1 rings (SSSR count). The van der Waals surface area contributed by atoms with Gasteiger partial charge in [-0.2, -0.15) is 0 Å². The molecule has 0 aromatic carbocycles. The lowest BCUT2D eigenvalue weighted by Gasteiger charge is -1.97. The van der Waals surface area contributed by atoms with Gasteiger partial charge >= 0.3 is 0 Å². The summed E-state index contributed by atoms with van der Waals surface area (Å²) in [6, 6.07) is 0. The predicted molar refractivity (Wildman–Crippen MR) is 41.1 cm³/mol. The zero-order chi connectivity index (χ0) is 6.53. The zero-order valence-electron chi connectivity index (χ0n) is 6.19. The minimum absolute atomic E-state index is 1.31. The van der Waals surface area contributed by atoms with E-state index in [-0.39, 0.29) is 0 Å². The van der Waals surface area contributed by atoms with Gasteiger partial charge in [0.1, 0.15) is 0 Å². The normalized spacial score (nSPS) is 26.1. The third-order valence-corrected chi connectivity index (χ3v) is 1.98. The molecule has 0 atom stereocenters. The van der Waals surface area contributed by atoms with Crippen molar-refractivity contribution in [3.05, 3.63) is 18.1 Å². The van der Waals surface area contributed by atoms with Gasteiger partial charge in [0.25, 0.3) is 0 Å². The Bertz CT molecular complexity index is 90.6. The lowest BCUT2D eigenvalue weighted by Crippen LogP contribution is -1.77. The van der Waals surface area contributed by atoms with Gasteiger partial charge in [-0.15, -0.1) is 0 Å². The molecule has 0 spiro atoms. The second kappa shape index (κ2) is 3.71. The predicted octanol–water partition coefficient (Wildman–Crippen LogP) is 3.10. The van der Waals surface area contributed by atoms with Crippen LogP contribution in [0.2, 0.25) is 0 Å². The van der Waals surface area contributed by atoms with Crippen LogP contribution in [0.25, 0.3) is 0 Å². The lowest BCUT2D eigenvalue weighted by molar-refractivity contribution is 0.826. The molecule has 0 unspecified atom stereocenters. The zero-order valence-corrected chi connectivity index (χ0v) is 6.19. The van der Waals surface area contributed by atoms with E-state index in [1.165, 1.54) is 32.1 Å². The van der Waals surface area contributed by atoms with Gasteiger partial charge in [0.15, 0.2) is 0 Å². The Labute approximate surface area is 58.0 Å². The standard InChI is InChI=1S/C9H15/c1-2-9-7-5-3-4-6-8-9/h2-3H,4-8H2,1H3. The van der Waals surface area contributed by atoms with Crippen LogP contribution in [0.1, 0.15) is 39.0 Å². The molecule has 0 amide bonds. The van der Waals surface area contributed by atoms with E-state index in [0.717, 1.165) is 0 Å². The first-order valence-corrected chi connectivity index (χ1v) is 3.89. The van der Waals surface area contributed by atoms with Gasteiger partial charge in [-0.1, -0.05) is 11.6 Å². The van der Waals surface area contributed by atoms with E-state index in [1.807, 2.05) is 0 Å². The van der Waals surface area contributed by atoms with E-state index >= 15 is 0 Å². The van der Waals surface area contributed by atoms with Gasteiger partial charge in [-0.25, -0.2) is 0 Å². The molecule has 0 aromatic rings. The summed E-state index contributed by atoms with van der Waals surface area (Å²) < 4.78 is 0. The highest BCUT2D eigenvalue weighted by atomic mass is 14.1. The van der Waals surface area contributed by atoms with Crippen LogP contribution in [0.5, 0.6) is 0 Å². The molecule has 1 aliphatic rings. The van der Waals surface area contributed by atoms with E-state index in [1.54, 1.807) is 5.57 Å². The summed E-state index contributed by atoms with van der Waals surface area (Å²) in [5.41, 5.74) is 1.66. The van der Waals surface area contributed by atoms with Crippen molar-refractivity contribution in [2.75, 3.05) is 0 Å². The van der Waals surface area contributed by atoms with Crippen LogP contribution >= 0.6 is 0 Å². The molecule has 1 radical (unpaired) electrons. The Morgan fingerprint density at radius 1 is 1.33 bits per heavy atom. The van der Waals surface area contributed by atoms with Crippen molar-refractivity contribution >= 4 is 0 Å². The fraction of sp³-hybridized carbons (Fsp3) is 0.667. The summed E-state index contributed by atoms with van der Waals surface area (Å²) in [4.78, 5) is 0. The SMILES string of the molecule is CC=C1CC[CH]CCC1. The lowest BCUT2D eigenvalue weighted by atomic mass is 10.1. The average molecular weight is 123 g/mol. The molecule has 1 aliphatic carbocycles. The molecule has 51 valence electrons. The van der Waals surface area contributed by atoms with E-state index < -0.39 is 0 Å². The van der Waals surface area contributed by atoms with Crippen LogP contribution in [0, 0.1) is 6.42 Å². The number of rotatable bonds is 0. The summed E-state index contributed by atoms with van der Waals surface area (Å²) >= 11 is 0. The molecule has 0 bridgehead atoms. The number of hydrogen-bond acceptors (Lipinski definition) is 0. The smallest absolute Gasteiger partial charge is 0.0318 e. The maximum Gasteiger partial charge on any atom is -0.0318 e. The van der Waals surface area contributed by atoms with Crippen LogP contribution in [-0.2, 0) is 0 Å². The van der Waals surface area contributed by atoms with Crippen molar-refractivity contribution in [2.24, 2.45) is 0 Å². The topological polar surface area (TPSA) is 0 Å². The van der Waals surface area contributed by atoms with Crippen molar-refractivity contribution in [3.63, 3.8) is 0 Å². The molecule has 9 heavy (non-hydrogen) atoms. The van der Waals surface area contributed by atoms with Crippen LogP contribution in [0.4, 0.5) is 0 Å². The highest BCUT2D eigenvalue weighted by Crippen LogP contribution is 2.20. The molecule has 0 N–H and O–H groups in total. The number of allylic oxidation sites excluding steroid dienone is 2. The van der Waals surface area contributed by atoms with Gasteiger partial charge < -0.3 is 0 Å². The van der Waals surface area contributed by atoms with Crippen LogP contribution in [-0.4, -0.2) is 0 Å². The average Bonchev–Trinajstić information content (AvgIpc) is 2.13. The third kappa shape index (κ3) is 2.21. The summed E-state index contributed by atoms with van der Waals surface area (Å²) in [5.74, 6) is 0. The minimum Gasteiger partial charge on any atom is -0.0885 e. The fourth-order valence-corrected chi connectivity index (χ4v) is 1.32. The Kier molecular flexibility index (Phi) is 2.82. The van der Waals surface area contributed by atoms with Crippen molar-refractivity contribution in [1.29, 1.82) is 0 Å². The Morgan fingerprint density at radius 2 is 2.22 bits per heavy atom. The second-order valence-corrected chi connectivity index (χ2v) is 2.67. The molecular weight excluding hydrogens is 108 g/mol. The van der Waals surface area contributed by atoms with Crippen molar-refractivity contribution in [1.82, 2.24) is 0 Å². The van der Waals surface area contributed by atoms with Crippen LogP contribution in [0.15, 0.2) is 11.6 Å². The monoisotopic (exact) mass is 123 g/mol. The Balaban J connectivity index is 2.36. The molecule has 0 heteroatoms. The Hall–Kier alpha value is -0.260. The quantitative estimate of drug-likeness (QED) is 0.343. The molecule has 0 saturated heterocycles. The molecule has 1 fully saturated rings. The summed E-state index contributed by atoms with van der Waals surface area (Å²) in [5, 5.41) is 0. The van der Waals surface area contributed by atoms with E-state index in [0.29, 0.717) is 0 Å². The molecule has 0 nitrogen and oxygen atoms in total. The maximum atomic E-state index is 2.41. The fourth-order valence-electron chi connectivity index (χ4n) is 1.32. The third-order valence-electron chi connectivity index (χ3n) is 1.98. The Morgan fingerprint density at radius 3 is 3.00 bits per heavy atom. The highest BCUT2D eigenvalue weighted by molar-refractivity contribution is 5.02. The van der Waals surface area contributed by atoms with Crippen LogP contribution < -0.4 is 0 Å². The van der Waals surface area contributed by atoms with Gasteiger partial charge in [0.05, 0.1) is 0 Å². The first-order valence-electron chi connectivity index (χ1n) is 3.89. The van der Waals surface area contributed by atoms with Gasteiger partial charge in [-0.05, 0) is 45.4 Å². The van der Waals surface area contributed by atoms with Crippen LogP contribution in [0.3, 0.4) is 0 Å². The van der Waals surface area contributed by atoms with Crippen molar-refractivity contribution in [3.8, 4) is 0 Å². The molecule has 1 saturated carbocycles. The first kappa shape index (κ1) is 6.85. The summed E-state index contributed by atoms with van der Waals surface area (Å²) in [6.45, 7) is 2.15. The van der Waals surface area contributed by atoms with Gasteiger partial charge in [0, 0.05) is 0 Å². The van der Waals surface area contributed by atoms with E-state index in [9.17, 15) is 0 Å². The summed E-state index contributed by atoms with van der Waals surface area (Å²) in [6.07, 6.45) is 11.4. The van der Waals surface area contributed by atoms with E-state index in [2.05, 4.69) is 19.4 Å². The second-order valence-electron chi connectivity index (χ2n) is 2.67. The minimum atomic E-state index is 1.31. The first-order chi connectivity index (χ1) is 4.43. The molecule has 0 aromatic heterocycles. The number of hydrogen-bond donors (Lipinski definition) is 0. The van der Waals surface area contributed by atoms with Crippen molar-refractivity contribution < 1.29 is 0 Å². The summed E-state index contributed by atoms with van der Waals surface area (Å²) in [7, 11) is 0. The largest absolute Gasteiger partial charge is 0.0885 e. The molecule has 0 heterocycles.